The van der Waals surface area contributed by atoms with E-state index in [2.05, 4.69) is 5.32 Å². The van der Waals surface area contributed by atoms with Gasteiger partial charge in [0, 0.05) is 12.7 Å². The van der Waals surface area contributed by atoms with Gasteiger partial charge in [-0.05, 0) is 25.1 Å². The number of amides is 2. The highest BCUT2D eigenvalue weighted by atomic mass is 16.5. The number of esters is 1. The van der Waals surface area contributed by atoms with Crippen molar-refractivity contribution in [3.63, 3.8) is 0 Å². The molecule has 2 amide bonds. The Morgan fingerprint density at radius 3 is 2.81 bits per heavy atom. The fraction of sp³-hybridized carbons (Fsp3) is 0.357. The molecule has 0 bridgehead atoms. The zero-order valence-corrected chi connectivity index (χ0v) is 11.9. The van der Waals surface area contributed by atoms with Crippen molar-refractivity contribution in [2.45, 2.75) is 19.4 Å². The molecule has 0 fully saturated rings. The number of nitrogens with one attached hydrogen (secondary N) is 1. The smallest absolute Gasteiger partial charge is 0.308 e. The number of fused-ring (bicyclic) bond motifs is 1. The number of nitrogen functional groups attached to an aromatic ring is 1. The van der Waals surface area contributed by atoms with Gasteiger partial charge in [-0.25, -0.2) is 0 Å². The number of nitrogens with two attached hydrogens (primary N) is 1. The topological polar surface area (TPSA) is 102 Å². The summed E-state index contributed by atoms with van der Waals surface area (Å²) in [6, 6.07) is 3.77. The van der Waals surface area contributed by atoms with Crippen molar-refractivity contribution in [1.82, 2.24) is 5.32 Å². The second-order valence-electron chi connectivity index (χ2n) is 4.71. The predicted molar refractivity (Wildman–Crippen MR) is 76.8 cm³/mol. The lowest BCUT2D eigenvalue weighted by Gasteiger charge is -2.20. The fourth-order valence-corrected chi connectivity index (χ4v) is 2.20. The first-order chi connectivity index (χ1) is 9.93. The second kappa shape index (κ2) is 5.82. The van der Waals surface area contributed by atoms with Crippen LogP contribution in [0.15, 0.2) is 18.2 Å². The van der Waals surface area contributed by atoms with Crippen molar-refractivity contribution in [3.8, 4) is 0 Å². The number of nitrogens with zero attached hydrogens (tertiary/aromatic N) is 1. The number of benzene rings is 1. The van der Waals surface area contributed by atoms with Gasteiger partial charge in [-0.2, -0.15) is 0 Å². The average molecular weight is 291 g/mol. The first-order valence-corrected chi connectivity index (χ1v) is 6.57. The van der Waals surface area contributed by atoms with Crippen LogP contribution in [0.3, 0.4) is 0 Å². The van der Waals surface area contributed by atoms with Crippen molar-refractivity contribution in [3.05, 3.63) is 23.8 Å². The van der Waals surface area contributed by atoms with Gasteiger partial charge in [-0.15, -0.1) is 0 Å². The van der Waals surface area contributed by atoms with Gasteiger partial charge in [-0.1, -0.05) is 0 Å². The van der Waals surface area contributed by atoms with Crippen LogP contribution in [-0.4, -0.2) is 37.5 Å². The molecule has 7 heteroatoms. The molecule has 1 aromatic carbocycles. The van der Waals surface area contributed by atoms with Gasteiger partial charge in [0.2, 0.25) is 5.91 Å². The molecule has 0 saturated carbocycles. The van der Waals surface area contributed by atoms with E-state index in [1.165, 1.54) is 11.0 Å². The van der Waals surface area contributed by atoms with Crippen LogP contribution in [0.1, 0.15) is 23.7 Å². The van der Waals surface area contributed by atoms with E-state index in [-0.39, 0.29) is 18.9 Å². The lowest BCUT2D eigenvalue weighted by atomic mass is 10.1. The van der Waals surface area contributed by atoms with Crippen LogP contribution in [0.4, 0.5) is 11.4 Å². The second-order valence-corrected chi connectivity index (χ2v) is 4.71. The van der Waals surface area contributed by atoms with Crippen LogP contribution in [-0.2, 0) is 14.3 Å². The van der Waals surface area contributed by atoms with Crippen LogP contribution >= 0.6 is 0 Å². The molecule has 2 rings (SSSR count). The van der Waals surface area contributed by atoms with Crippen molar-refractivity contribution >= 4 is 29.2 Å². The molecule has 3 N–H and O–H groups in total. The third-order valence-corrected chi connectivity index (χ3v) is 3.24. The Bertz CT molecular complexity index is 600. The average Bonchev–Trinajstić information content (AvgIpc) is 2.51. The molecule has 0 aliphatic carbocycles. The summed E-state index contributed by atoms with van der Waals surface area (Å²) in [5.41, 5.74) is 6.86. The highest BCUT2D eigenvalue weighted by molar-refractivity contribution is 6.11. The summed E-state index contributed by atoms with van der Waals surface area (Å²) in [4.78, 5) is 37.4. The number of carbonyl (C=O) groups excluding carboxylic acids is 3. The monoisotopic (exact) mass is 291 g/mol. The molecule has 0 radical (unpaired) electrons. The summed E-state index contributed by atoms with van der Waals surface area (Å²) >= 11 is 0. The third-order valence-electron chi connectivity index (χ3n) is 3.24. The Hall–Kier alpha value is -2.57. The Morgan fingerprint density at radius 2 is 2.14 bits per heavy atom. The summed E-state index contributed by atoms with van der Waals surface area (Å²) < 4.78 is 4.82. The van der Waals surface area contributed by atoms with Gasteiger partial charge < -0.3 is 20.7 Å². The summed E-state index contributed by atoms with van der Waals surface area (Å²) in [6.45, 7) is 1.90. The quantitative estimate of drug-likeness (QED) is 0.616. The summed E-state index contributed by atoms with van der Waals surface area (Å²) in [7, 11) is 1.55. The van der Waals surface area contributed by atoms with Crippen molar-refractivity contribution < 1.29 is 19.1 Å². The molecule has 21 heavy (non-hydrogen) atoms. The van der Waals surface area contributed by atoms with Crippen LogP contribution in [0.25, 0.3) is 0 Å². The standard InChI is InChI=1S/C14H17N3O4/c1-3-21-12(18)7-10-14(20)17(2)11-5-4-8(15)6-9(11)13(19)16-10/h4-6,10H,3,7,15H2,1-2H3,(H,16,19). The Balaban J connectivity index is 2.31. The molecule has 1 aliphatic heterocycles. The van der Waals surface area contributed by atoms with Gasteiger partial charge in [0.25, 0.3) is 5.91 Å². The molecule has 0 spiro atoms. The molecular formula is C14H17N3O4. The minimum atomic E-state index is -0.949. The van der Waals surface area contributed by atoms with E-state index in [9.17, 15) is 14.4 Å². The zero-order valence-electron chi connectivity index (χ0n) is 11.9. The minimum absolute atomic E-state index is 0.202. The first kappa shape index (κ1) is 14.8. The first-order valence-electron chi connectivity index (χ1n) is 6.57. The molecule has 1 heterocycles. The Labute approximate surface area is 122 Å². The number of ether oxygens (including phenoxy) is 1. The number of hydrogen-bond donors (Lipinski definition) is 2. The Morgan fingerprint density at radius 1 is 1.43 bits per heavy atom. The van der Waals surface area contributed by atoms with E-state index in [0.717, 1.165) is 0 Å². The van der Waals surface area contributed by atoms with E-state index >= 15 is 0 Å². The number of likely N-dealkylation sites (N-methyl/N-ethyl adjacent to an activating group) is 1. The molecule has 1 atom stereocenters. The van der Waals surface area contributed by atoms with E-state index in [0.29, 0.717) is 16.9 Å². The summed E-state index contributed by atoms with van der Waals surface area (Å²) in [6.07, 6.45) is -0.202. The van der Waals surface area contributed by atoms with Crippen LogP contribution in [0, 0.1) is 0 Å². The van der Waals surface area contributed by atoms with Gasteiger partial charge in [0.05, 0.1) is 24.3 Å². The number of hydrogen-bond acceptors (Lipinski definition) is 5. The molecule has 7 nitrogen and oxygen atoms in total. The SMILES string of the molecule is CCOC(=O)CC1NC(=O)c2cc(N)ccc2N(C)C1=O. The molecule has 0 saturated heterocycles. The third kappa shape index (κ3) is 2.96. The van der Waals surface area contributed by atoms with E-state index < -0.39 is 17.9 Å². The molecule has 0 aromatic heterocycles. The largest absolute Gasteiger partial charge is 0.466 e. The highest BCUT2D eigenvalue weighted by Crippen LogP contribution is 2.25. The van der Waals surface area contributed by atoms with Gasteiger partial charge in [-0.3, -0.25) is 14.4 Å². The number of anilines is 2. The maximum Gasteiger partial charge on any atom is 0.308 e. The maximum atomic E-state index is 12.4. The number of rotatable bonds is 3. The van der Waals surface area contributed by atoms with Gasteiger partial charge in [0.15, 0.2) is 0 Å². The Kier molecular flexibility index (Phi) is 4.11. The molecule has 112 valence electrons. The van der Waals surface area contributed by atoms with E-state index in [1.54, 1.807) is 26.1 Å². The van der Waals surface area contributed by atoms with E-state index in [4.69, 9.17) is 10.5 Å². The van der Waals surface area contributed by atoms with Gasteiger partial charge >= 0.3 is 5.97 Å². The minimum Gasteiger partial charge on any atom is -0.466 e. The lowest BCUT2D eigenvalue weighted by Crippen LogP contribution is -2.45. The summed E-state index contributed by atoms with van der Waals surface area (Å²) in [5.74, 6) is -1.35. The molecular weight excluding hydrogens is 274 g/mol. The fourth-order valence-electron chi connectivity index (χ4n) is 2.20. The normalized spacial score (nSPS) is 17.8. The molecule has 1 aliphatic rings. The van der Waals surface area contributed by atoms with Crippen LogP contribution < -0.4 is 16.0 Å². The van der Waals surface area contributed by atoms with E-state index in [1.807, 2.05) is 0 Å². The summed E-state index contributed by atoms with van der Waals surface area (Å²) in [5, 5.41) is 2.55. The van der Waals surface area contributed by atoms with Crippen molar-refractivity contribution in [2.24, 2.45) is 0 Å². The predicted octanol–water partition coefficient (Wildman–Crippen LogP) is 0.297. The van der Waals surface area contributed by atoms with Crippen molar-refractivity contribution in [2.75, 3.05) is 24.3 Å². The maximum absolute atomic E-state index is 12.4. The molecule has 1 aromatic rings. The molecule has 1 unspecified atom stereocenters. The highest BCUT2D eigenvalue weighted by Gasteiger charge is 2.33. The number of carbonyl (C=O) groups is 3. The van der Waals surface area contributed by atoms with Gasteiger partial charge in [0.1, 0.15) is 6.04 Å². The lowest BCUT2D eigenvalue weighted by molar-refractivity contribution is -0.145. The van der Waals surface area contributed by atoms with Crippen LogP contribution in [0.5, 0.6) is 0 Å². The zero-order chi connectivity index (χ0) is 15.6. The van der Waals surface area contributed by atoms with Crippen molar-refractivity contribution in [1.29, 1.82) is 0 Å². The van der Waals surface area contributed by atoms with Crippen LogP contribution in [0.2, 0.25) is 0 Å².